The molecule has 2 aliphatic heterocycles. The minimum Gasteiger partial charge on any atom is -0.394 e. The van der Waals surface area contributed by atoms with Crippen LogP contribution in [-0.2, 0) is 23.7 Å². The molecule has 78 heavy (non-hydrogen) atoms. The number of ether oxygens (including phenoxy) is 4. The summed E-state index contributed by atoms with van der Waals surface area (Å²) < 4.78 is 22.9. The van der Waals surface area contributed by atoms with Gasteiger partial charge in [0.2, 0.25) is 5.91 Å². The second kappa shape index (κ2) is 50.5. The number of rotatable bonds is 55. The smallest absolute Gasteiger partial charge is 0.220 e. The fraction of sp³-hybridized carbons (Fsp3) is 0.984. The highest BCUT2D eigenvalue weighted by molar-refractivity contribution is 5.76. The molecule has 2 rings (SSSR count). The number of aliphatic hydroxyl groups is 8. The molecule has 14 heteroatoms. The zero-order valence-electron chi connectivity index (χ0n) is 50.2. The van der Waals surface area contributed by atoms with Crippen molar-refractivity contribution in [3.05, 3.63) is 0 Å². The third-order valence-electron chi connectivity index (χ3n) is 16.8. The fourth-order valence-electron chi connectivity index (χ4n) is 11.5. The van der Waals surface area contributed by atoms with Crippen LogP contribution in [0.4, 0.5) is 0 Å². The van der Waals surface area contributed by atoms with Gasteiger partial charge in [0.05, 0.1) is 32.0 Å². The first-order valence-electron chi connectivity index (χ1n) is 33.3. The molecule has 0 spiro atoms. The first-order valence-corrected chi connectivity index (χ1v) is 33.3. The minimum atomic E-state index is -1.78. The first-order chi connectivity index (χ1) is 38.1. The van der Waals surface area contributed by atoms with Crippen LogP contribution in [0.25, 0.3) is 0 Å². The van der Waals surface area contributed by atoms with E-state index in [0.29, 0.717) is 12.8 Å². The Morgan fingerprint density at radius 3 is 1.09 bits per heavy atom. The van der Waals surface area contributed by atoms with Gasteiger partial charge in [-0.05, 0) is 12.8 Å². The second-order valence-electron chi connectivity index (χ2n) is 24.0. The summed E-state index contributed by atoms with van der Waals surface area (Å²) >= 11 is 0. The minimum absolute atomic E-state index is 0.198. The Morgan fingerprint density at radius 2 is 0.731 bits per heavy atom. The summed E-state index contributed by atoms with van der Waals surface area (Å²) in [5.41, 5.74) is 0. The van der Waals surface area contributed by atoms with Crippen molar-refractivity contribution in [2.45, 2.75) is 383 Å². The third kappa shape index (κ3) is 35.2. The zero-order valence-corrected chi connectivity index (χ0v) is 50.2. The van der Waals surface area contributed by atoms with Crippen molar-refractivity contribution >= 4 is 5.91 Å². The normalized spacial score (nSPS) is 24.4. The lowest BCUT2D eigenvalue weighted by atomic mass is 9.97. The monoisotopic (exact) mass is 1120 g/mol. The maximum absolute atomic E-state index is 13.3. The molecule has 0 aromatic rings. The molecule has 464 valence electrons. The van der Waals surface area contributed by atoms with Crippen molar-refractivity contribution in [1.29, 1.82) is 0 Å². The molecule has 0 aromatic heterocycles. The van der Waals surface area contributed by atoms with Crippen LogP contribution in [0.2, 0.25) is 0 Å². The number of aliphatic hydroxyl groups excluding tert-OH is 8. The number of amides is 1. The Labute approximate surface area is 476 Å². The van der Waals surface area contributed by atoms with E-state index in [4.69, 9.17) is 18.9 Å². The molecular formula is C64H125NO13. The molecule has 1 amide bonds. The van der Waals surface area contributed by atoms with Gasteiger partial charge in [-0.2, -0.15) is 0 Å². The molecule has 2 heterocycles. The van der Waals surface area contributed by atoms with E-state index in [1.165, 1.54) is 231 Å². The van der Waals surface area contributed by atoms with Crippen molar-refractivity contribution in [2.24, 2.45) is 0 Å². The molecule has 2 aliphatic rings. The van der Waals surface area contributed by atoms with E-state index in [1.54, 1.807) is 0 Å². The van der Waals surface area contributed by atoms with Crippen molar-refractivity contribution in [2.75, 3.05) is 19.8 Å². The Morgan fingerprint density at radius 1 is 0.410 bits per heavy atom. The van der Waals surface area contributed by atoms with Crippen molar-refractivity contribution < 1.29 is 64.6 Å². The van der Waals surface area contributed by atoms with E-state index in [-0.39, 0.29) is 12.5 Å². The van der Waals surface area contributed by atoms with Crippen LogP contribution in [0, 0.1) is 0 Å². The van der Waals surface area contributed by atoms with Crippen LogP contribution < -0.4 is 5.32 Å². The fourth-order valence-corrected chi connectivity index (χ4v) is 11.5. The van der Waals surface area contributed by atoms with Crippen molar-refractivity contribution in [3.63, 3.8) is 0 Å². The van der Waals surface area contributed by atoms with E-state index in [9.17, 15) is 45.6 Å². The van der Waals surface area contributed by atoms with E-state index >= 15 is 0 Å². The van der Waals surface area contributed by atoms with Crippen LogP contribution in [0.3, 0.4) is 0 Å². The SMILES string of the molecule is CCCCCCCCCCCCCCCCCCCCCCCCCCCCCCC(=O)NC(COC1OC(CO)C(OC2OC(CO)C(O)C(O)C2O)C(O)C1O)C(O)CCCCCCCCCCCCCCCCCC. The summed E-state index contributed by atoms with van der Waals surface area (Å²) in [6, 6.07) is -0.823. The van der Waals surface area contributed by atoms with E-state index < -0.39 is 86.8 Å². The number of nitrogens with one attached hydrogen (secondary N) is 1. The maximum atomic E-state index is 13.3. The Bertz CT molecular complexity index is 1310. The van der Waals surface area contributed by atoms with Gasteiger partial charge in [-0.15, -0.1) is 0 Å². The molecule has 0 saturated carbocycles. The van der Waals surface area contributed by atoms with E-state index in [2.05, 4.69) is 19.2 Å². The predicted octanol–water partition coefficient (Wildman–Crippen LogP) is 12.5. The number of carbonyl (C=O) groups is 1. The van der Waals surface area contributed by atoms with Crippen molar-refractivity contribution in [1.82, 2.24) is 5.32 Å². The van der Waals surface area contributed by atoms with Crippen LogP contribution in [0.15, 0.2) is 0 Å². The average molecular weight is 1120 g/mol. The second-order valence-corrected chi connectivity index (χ2v) is 24.0. The summed E-state index contributed by atoms with van der Waals surface area (Å²) in [5.74, 6) is -0.198. The lowest BCUT2D eigenvalue weighted by Gasteiger charge is -2.46. The molecule has 2 fully saturated rings. The predicted molar refractivity (Wildman–Crippen MR) is 314 cm³/mol. The van der Waals surface area contributed by atoms with Gasteiger partial charge >= 0.3 is 0 Å². The van der Waals surface area contributed by atoms with Crippen LogP contribution >= 0.6 is 0 Å². The van der Waals surface area contributed by atoms with E-state index in [0.717, 1.165) is 51.4 Å². The third-order valence-corrected chi connectivity index (χ3v) is 16.8. The Kier molecular flexibility index (Phi) is 47.3. The maximum Gasteiger partial charge on any atom is 0.220 e. The molecule has 9 N–H and O–H groups in total. The highest BCUT2D eigenvalue weighted by Crippen LogP contribution is 2.30. The van der Waals surface area contributed by atoms with Gasteiger partial charge in [-0.25, -0.2) is 0 Å². The van der Waals surface area contributed by atoms with Gasteiger partial charge in [0.15, 0.2) is 12.6 Å². The first kappa shape index (κ1) is 73.1. The van der Waals surface area contributed by atoms with Crippen LogP contribution in [-0.4, -0.2) is 140 Å². The molecule has 12 atom stereocenters. The lowest BCUT2D eigenvalue weighted by Crippen LogP contribution is -2.65. The summed E-state index contributed by atoms with van der Waals surface area (Å²) in [6.45, 7) is 2.91. The summed E-state index contributed by atoms with van der Waals surface area (Å²) in [7, 11) is 0. The van der Waals surface area contributed by atoms with Gasteiger partial charge in [0, 0.05) is 6.42 Å². The number of hydrogen-bond donors (Lipinski definition) is 9. The Balaban J connectivity index is 1.66. The molecule has 0 aromatic carbocycles. The highest BCUT2D eigenvalue weighted by atomic mass is 16.7. The van der Waals surface area contributed by atoms with Gasteiger partial charge in [-0.1, -0.05) is 290 Å². The Hall–Kier alpha value is -1.01. The van der Waals surface area contributed by atoms with E-state index in [1.807, 2.05) is 0 Å². The summed E-state index contributed by atoms with van der Waals surface area (Å²) in [5, 5.41) is 87.4. The lowest BCUT2D eigenvalue weighted by molar-refractivity contribution is -0.359. The summed E-state index contributed by atoms with van der Waals surface area (Å²) in [4.78, 5) is 13.3. The number of unbranched alkanes of at least 4 members (excludes halogenated alkanes) is 42. The largest absolute Gasteiger partial charge is 0.394 e. The summed E-state index contributed by atoms with van der Waals surface area (Å²) in [6.07, 6.45) is 41.2. The molecule has 0 radical (unpaired) electrons. The topological polar surface area (TPSA) is 228 Å². The number of carbonyl (C=O) groups excluding carboxylic acids is 1. The molecule has 12 unspecified atom stereocenters. The van der Waals surface area contributed by atoms with Gasteiger partial charge in [0.1, 0.15) is 48.8 Å². The van der Waals surface area contributed by atoms with Crippen LogP contribution in [0.5, 0.6) is 0 Å². The standard InChI is InChI=1S/C64H125NO13/c1-3-5-7-9-11-13-15-17-19-21-22-23-24-25-26-27-28-29-30-31-32-34-36-38-40-42-44-46-48-56(69)65-52(53(68)47-45-43-41-39-37-35-33-20-18-16-14-12-10-8-6-4-2)51-75-63-61(74)59(72)62(55(50-67)77-63)78-64-60(73)58(71)57(70)54(49-66)76-64/h52-55,57-64,66-68,70-74H,3-51H2,1-2H3,(H,65,69). The number of hydrogen-bond acceptors (Lipinski definition) is 13. The van der Waals surface area contributed by atoms with Gasteiger partial charge in [0.25, 0.3) is 0 Å². The molecule has 0 bridgehead atoms. The van der Waals surface area contributed by atoms with Crippen LogP contribution in [0.1, 0.15) is 309 Å². The molecule has 14 nitrogen and oxygen atoms in total. The average Bonchev–Trinajstić information content (AvgIpc) is 3.44. The zero-order chi connectivity index (χ0) is 56.7. The quantitative estimate of drug-likeness (QED) is 0.0259. The highest BCUT2D eigenvalue weighted by Gasteiger charge is 2.51. The van der Waals surface area contributed by atoms with Crippen molar-refractivity contribution in [3.8, 4) is 0 Å². The molecule has 0 aliphatic carbocycles. The molecule has 2 saturated heterocycles. The molecular weight excluding hydrogens is 991 g/mol. The van der Waals surface area contributed by atoms with Gasteiger partial charge in [-0.3, -0.25) is 4.79 Å². The van der Waals surface area contributed by atoms with Gasteiger partial charge < -0.3 is 65.1 Å².